The third-order valence-electron chi connectivity index (χ3n) is 5.85. The number of ether oxygens (including phenoxy) is 1. The van der Waals surface area contributed by atoms with Crippen LogP contribution in [0, 0.1) is 0 Å². The Morgan fingerprint density at radius 3 is 2.56 bits per heavy atom. The van der Waals surface area contributed by atoms with Gasteiger partial charge >= 0.3 is 0 Å². The van der Waals surface area contributed by atoms with Crippen molar-refractivity contribution in [1.82, 2.24) is 9.88 Å². The second-order valence-electron chi connectivity index (χ2n) is 7.39. The lowest BCUT2D eigenvalue weighted by atomic mass is 10.0. The van der Waals surface area contributed by atoms with E-state index in [4.69, 9.17) is 9.72 Å². The Hall–Kier alpha value is -2.33. The molecule has 27 heavy (non-hydrogen) atoms. The molecule has 0 spiro atoms. The van der Waals surface area contributed by atoms with Crippen LogP contribution in [0.5, 0.6) is 5.75 Å². The summed E-state index contributed by atoms with van der Waals surface area (Å²) >= 11 is 0. The highest BCUT2D eigenvalue weighted by Gasteiger charge is 2.20. The number of rotatable bonds is 5. The van der Waals surface area contributed by atoms with Crippen LogP contribution in [0.4, 0.5) is 5.69 Å². The number of nitrogens with zero attached hydrogens (tertiary/aromatic N) is 2. The number of aromatic nitrogens is 1. The standard InChI is InChI=1S/C23H29N3O/c1-4-16-14-21-19(15-22(16)27-3)23(18-8-6-7-9-20(18)25-21)24-17-10-12-26(5-2)13-11-17/h6-9,14-15,17H,4-5,10-13H2,1-3H3,(H,24,25). The molecule has 0 atom stereocenters. The van der Waals surface area contributed by atoms with Gasteiger partial charge in [0.05, 0.1) is 23.8 Å². The van der Waals surface area contributed by atoms with E-state index in [1.807, 2.05) is 0 Å². The van der Waals surface area contributed by atoms with Gasteiger partial charge in [-0.1, -0.05) is 32.0 Å². The lowest BCUT2D eigenvalue weighted by Crippen LogP contribution is -2.38. The van der Waals surface area contributed by atoms with Crippen LogP contribution < -0.4 is 10.1 Å². The summed E-state index contributed by atoms with van der Waals surface area (Å²) in [6.45, 7) is 7.88. The minimum Gasteiger partial charge on any atom is -0.496 e. The van der Waals surface area contributed by atoms with E-state index in [2.05, 4.69) is 60.5 Å². The van der Waals surface area contributed by atoms with Crippen molar-refractivity contribution in [2.45, 2.75) is 39.2 Å². The van der Waals surface area contributed by atoms with Gasteiger partial charge in [-0.15, -0.1) is 0 Å². The van der Waals surface area contributed by atoms with E-state index in [1.54, 1.807) is 7.11 Å². The zero-order chi connectivity index (χ0) is 18.8. The molecule has 1 aliphatic heterocycles. The molecule has 4 rings (SSSR count). The molecular formula is C23H29N3O. The number of para-hydroxylation sites is 1. The Morgan fingerprint density at radius 1 is 1.07 bits per heavy atom. The van der Waals surface area contributed by atoms with Gasteiger partial charge in [0, 0.05) is 29.9 Å². The Bertz CT molecular complexity index is 945. The predicted octanol–water partition coefficient (Wildman–Crippen LogP) is 4.86. The number of anilines is 1. The lowest BCUT2D eigenvalue weighted by molar-refractivity contribution is 0.230. The van der Waals surface area contributed by atoms with Crippen molar-refractivity contribution < 1.29 is 4.74 Å². The Kier molecular flexibility index (Phi) is 5.17. The van der Waals surface area contributed by atoms with Gasteiger partial charge < -0.3 is 15.0 Å². The van der Waals surface area contributed by atoms with Crippen LogP contribution in [0.2, 0.25) is 0 Å². The van der Waals surface area contributed by atoms with Crippen molar-refractivity contribution in [3.8, 4) is 5.75 Å². The smallest absolute Gasteiger partial charge is 0.122 e. The van der Waals surface area contributed by atoms with E-state index in [9.17, 15) is 0 Å². The van der Waals surface area contributed by atoms with Crippen molar-refractivity contribution in [2.24, 2.45) is 0 Å². The molecule has 0 bridgehead atoms. The van der Waals surface area contributed by atoms with E-state index >= 15 is 0 Å². The van der Waals surface area contributed by atoms with Gasteiger partial charge in [-0.25, -0.2) is 4.98 Å². The molecule has 1 aromatic heterocycles. The van der Waals surface area contributed by atoms with Gasteiger partial charge in [0.2, 0.25) is 0 Å². The number of aryl methyl sites for hydroxylation is 1. The largest absolute Gasteiger partial charge is 0.496 e. The second kappa shape index (κ2) is 7.73. The SMILES string of the molecule is CCc1cc2nc3ccccc3c(NC3CCN(CC)CC3)c2cc1OC. The molecule has 1 saturated heterocycles. The van der Waals surface area contributed by atoms with Gasteiger partial charge in [-0.05, 0) is 49.6 Å². The van der Waals surface area contributed by atoms with Crippen molar-refractivity contribution in [3.63, 3.8) is 0 Å². The zero-order valence-corrected chi connectivity index (χ0v) is 16.6. The minimum atomic E-state index is 0.499. The van der Waals surface area contributed by atoms with Gasteiger partial charge in [-0.3, -0.25) is 0 Å². The Balaban J connectivity index is 1.82. The van der Waals surface area contributed by atoms with Crippen LogP contribution >= 0.6 is 0 Å². The first-order chi connectivity index (χ1) is 13.2. The first-order valence-corrected chi connectivity index (χ1v) is 10.1. The van der Waals surface area contributed by atoms with E-state index in [-0.39, 0.29) is 0 Å². The zero-order valence-electron chi connectivity index (χ0n) is 16.6. The molecule has 4 heteroatoms. The van der Waals surface area contributed by atoms with Crippen molar-refractivity contribution in [1.29, 1.82) is 0 Å². The number of piperidine rings is 1. The lowest BCUT2D eigenvalue weighted by Gasteiger charge is -2.32. The molecule has 3 aromatic rings. The van der Waals surface area contributed by atoms with Crippen LogP contribution in [0.25, 0.3) is 21.8 Å². The number of pyridine rings is 1. The van der Waals surface area contributed by atoms with Crippen molar-refractivity contribution in [2.75, 3.05) is 32.1 Å². The third kappa shape index (κ3) is 3.46. The minimum absolute atomic E-state index is 0.499. The van der Waals surface area contributed by atoms with Crippen LogP contribution in [-0.2, 0) is 6.42 Å². The summed E-state index contributed by atoms with van der Waals surface area (Å²) in [6, 6.07) is 13.3. The van der Waals surface area contributed by atoms with E-state index < -0.39 is 0 Å². The molecular weight excluding hydrogens is 334 g/mol. The molecule has 2 heterocycles. The summed E-state index contributed by atoms with van der Waals surface area (Å²) in [7, 11) is 1.75. The highest BCUT2D eigenvalue weighted by molar-refractivity contribution is 6.08. The molecule has 0 radical (unpaired) electrons. The van der Waals surface area contributed by atoms with E-state index in [0.717, 1.165) is 35.1 Å². The van der Waals surface area contributed by atoms with Crippen LogP contribution in [-0.4, -0.2) is 42.7 Å². The molecule has 0 unspecified atom stereocenters. The second-order valence-corrected chi connectivity index (χ2v) is 7.39. The molecule has 0 saturated carbocycles. The maximum absolute atomic E-state index is 5.67. The van der Waals surface area contributed by atoms with Crippen molar-refractivity contribution in [3.05, 3.63) is 42.0 Å². The molecule has 1 fully saturated rings. The first-order valence-electron chi connectivity index (χ1n) is 10.1. The maximum atomic E-state index is 5.67. The molecule has 1 aliphatic rings. The third-order valence-corrected chi connectivity index (χ3v) is 5.85. The number of hydrogen-bond donors (Lipinski definition) is 1. The topological polar surface area (TPSA) is 37.4 Å². The first kappa shape index (κ1) is 18.1. The Morgan fingerprint density at radius 2 is 1.85 bits per heavy atom. The summed E-state index contributed by atoms with van der Waals surface area (Å²) in [6.07, 6.45) is 3.29. The van der Waals surface area contributed by atoms with E-state index in [1.165, 1.54) is 42.6 Å². The monoisotopic (exact) mass is 363 g/mol. The highest BCUT2D eigenvalue weighted by Crippen LogP contribution is 2.36. The molecule has 4 nitrogen and oxygen atoms in total. The highest BCUT2D eigenvalue weighted by atomic mass is 16.5. The predicted molar refractivity (Wildman–Crippen MR) is 114 cm³/mol. The summed E-state index contributed by atoms with van der Waals surface area (Å²) in [5.74, 6) is 0.950. The van der Waals surface area contributed by atoms with Crippen molar-refractivity contribution >= 4 is 27.5 Å². The molecule has 2 aromatic carbocycles. The average molecular weight is 364 g/mol. The summed E-state index contributed by atoms with van der Waals surface area (Å²) in [4.78, 5) is 7.46. The van der Waals surface area contributed by atoms with Gasteiger partial charge in [0.25, 0.3) is 0 Å². The van der Waals surface area contributed by atoms with Gasteiger partial charge in [0.1, 0.15) is 5.75 Å². The number of methoxy groups -OCH3 is 1. The normalized spacial score (nSPS) is 16.1. The van der Waals surface area contributed by atoms with Gasteiger partial charge in [-0.2, -0.15) is 0 Å². The summed E-state index contributed by atoms with van der Waals surface area (Å²) in [5.41, 5.74) is 4.49. The fraction of sp³-hybridized carbons (Fsp3) is 0.435. The average Bonchev–Trinajstić information content (AvgIpc) is 2.73. The number of nitrogens with one attached hydrogen (secondary N) is 1. The Labute approximate surface area is 161 Å². The van der Waals surface area contributed by atoms with Crippen LogP contribution in [0.3, 0.4) is 0 Å². The molecule has 0 amide bonds. The number of fused-ring (bicyclic) bond motifs is 2. The summed E-state index contributed by atoms with van der Waals surface area (Å²) < 4.78 is 5.67. The molecule has 0 aliphatic carbocycles. The van der Waals surface area contributed by atoms with Crippen LogP contribution in [0.15, 0.2) is 36.4 Å². The number of likely N-dealkylation sites (tertiary alicyclic amines) is 1. The van der Waals surface area contributed by atoms with Crippen LogP contribution in [0.1, 0.15) is 32.3 Å². The molecule has 1 N–H and O–H groups in total. The summed E-state index contributed by atoms with van der Waals surface area (Å²) in [5, 5.41) is 6.22. The quantitative estimate of drug-likeness (QED) is 0.657. The maximum Gasteiger partial charge on any atom is 0.122 e. The fourth-order valence-electron chi connectivity index (χ4n) is 4.18. The van der Waals surface area contributed by atoms with Gasteiger partial charge in [0.15, 0.2) is 0 Å². The van der Waals surface area contributed by atoms with E-state index in [0.29, 0.717) is 6.04 Å². The fourth-order valence-corrected chi connectivity index (χ4v) is 4.18. The molecule has 142 valence electrons. The number of hydrogen-bond acceptors (Lipinski definition) is 4. The number of benzene rings is 2.